The molecule has 6 nitrogen and oxygen atoms in total. The molecule has 1 amide bonds. The molecule has 0 radical (unpaired) electrons. The lowest BCUT2D eigenvalue weighted by molar-refractivity contribution is -0.117. The summed E-state index contributed by atoms with van der Waals surface area (Å²) in [5, 5.41) is 17.8. The van der Waals surface area contributed by atoms with Crippen molar-refractivity contribution in [1.29, 1.82) is 0 Å². The van der Waals surface area contributed by atoms with Gasteiger partial charge in [0.05, 0.1) is 0 Å². The first-order valence-electron chi connectivity index (χ1n) is 5.21. The van der Waals surface area contributed by atoms with E-state index in [4.69, 9.17) is 10.0 Å². The second kappa shape index (κ2) is 5.03. The van der Waals surface area contributed by atoms with Gasteiger partial charge in [0.25, 0.3) is 0 Å². The molecule has 0 bridgehead atoms. The van der Waals surface area contributed by atoms with Gasteiger partial charge in [-0.1, -0.05) is 0 Å². The minimum absolute atomic E-state index is 0.0265. The van der Waals surface area contributed by atoms with Gasteiger partial charge in [0.2, 0.25) is 11.9 Å². The fourth-order valence-electron chi connectivity index (χ4n) is 1.70. The van der Waals surface area contributed by atoms with E-state index in [9.17, 15) is 4.79 Å². The highest BCUT2D eigenvalue weighted by molar-refractivity contribution is 7.80. The number of carbonyl (C=O) groups excluding carboxylic acids is 1. The van der Waals surface area contributed by atoms with Crippen LogP contribution in [0.25, 0.3) is 0 Å². The second-order valence-corrected chi connectivity index (χ2v) is 4.31. The maximum absolute atomic E-state index is 11.7. The quantitative estimate of drug-likeness (QED) is 0.448. The Hall–Kier alpha value is -1.12. The number of anilines is 1. The number of aromatic nitrogens is 2. The Morgan fingerprint density at radius 1 is 1.47 bits per heavy atom. The largest absolute Gasteiger partial charge is 0.491 e. The molecule has 1 aromatic heterocycles. The van der Waals surface area contributed by atoms with Gasteiger partial charge in [-0.2, -0.15) is 12.6 Å². The minimum atomic E-state index is -1.59. The van der Waals surface area contributed by atoms with Crippen LogP contribution in [0.4, 0.5) is 5.95 Å². The Morgan fingerprint density at radius 3 is 2.59 bits per heavy atom. The molecule has 1 aromatic rings. The number of amides is 1. The SMILES string of the molecule is O=C1CC(CS)CN1c1ncc(B(O)O)cn1. The number of hydrogen-bond acceptors (Lipinski definition) is 6. The van der Waals surface area contributed by atoms with Crippen molar-refractivity contribution in [2.24, 2.45) is 5.92 Å². The van der Waals surface area contributed by atoms with Crippen LogP contribution in [0.3, 0.4) is 0 Å². The monoisotopic (exact) mass is 253 g/mol. The fraction of sp³-hybridized carbons (Fsp3) is 0.444. The normalized spacial score (nSPS) is 19.8. The topological polar surface area (TPSA) is 86.6 Å². The number of carbonyl (C=O) groups is 1. The van der Waals surface area contributed by atoms with Crippen molar-refractivity contribution in [3.05, 3.63) is 12.4 Å². The molecule has 1 aliphatic rings. The van der Waals surface area contributed by atoms with Gasteiger partial charge in [0.1, 0.15) is 0 Å². The van der Waals surface area contributed by atoms with E-state index in [2.05, 4.69) is 22.6 Å². The van der Waals surface area contributed by atoms with Gasteiger partial charge < -0.3 is 10.0 Å². The van der Waals surface area contributed by atoms with Crippen LogP contribution < -0.4 is 10.4 Å². The van der Waals surface area contributed by atoms with Gasteiger partial charge >= 0.3 is 7.12 Å². The van der Waals surface area contributed by atoms with Crippen LogP contribution in [0, 0.1) is 5.92 Å². The third-order valence-corrected chi connectivity index (χ3v) is 3.18. The zero-order chi connectivity index (χ0) is 12.4. The van der Waals surface area contributed by atoms with Crippen molar-refractivity contribution in [1.82, 2.24) is 9.97 Å². The van der Waals surface area contributed by atoms with Crippen LogP contribution in [0.5, 0.6) is 0 Å². The predicted octanol–water partition coefficient (Wildman–Crippen LogP) is -1.56. The molecule has 0 spiro atoms. The standard InChI is InChI=1S/C9H12BN3O3S/c14-8-1-6(5-17)4-13(8)9-11-2-7(3-12-9)10(15)16/h2-3,6,15-17H,1,4-5H2. The molecule has 1 fully saturated rings. The first-order chi connectivity index (χ1) is 8.11. The highest BCUT2D eigenvalue weighted by Crippen LogP contribution is 2.21. The van der Waals surface area contributed by atoms with Crippen molar-refractivity contribution in [3.63, 3.8) is 0 Å². The van der Waals surface area contributed by atoms with Crippen LogP contribution in [0.2, 0.25) is 0 Å². The molecule has 1 atom stereocenters. The average molecular weight is 253 g/mol. The average Bonchev–Trinajstić information content (AvgIpc) is 2.71. The Morgan fingerprint density at radius 2 is 2.12 bits per heavy atom. The zero-order valence-electron chi connectivity index (χ0n) is 9.02. The first-order valence-corrected chi connectivity index (χ1v) is 5.84. The molecule has 0 aliphatic carbocycles. The van der Waals surface area contributed by atoms with E-state index in [1.165, 1.54) is 17.3 Å². The summed E-state index contributed by atoms with van der Waals surface area (Å²) in [6.45, 7) is 0.559. The van der Waals surface area contributed by atoms with Gasteiger partial charge in [-0.25, -0.2) is 9.97 Å². The molecule has 1 unspecified atom stereocenters. The number of nitrogens with zero attached hydrogens (tertiary/aromatic N) is 3. The molecule has 17 heavy (non-hydrogen) atoms. The zero-order valence-corrected chi connectivity index (χ0v) is 9.92. The van der Waals surface area contributed by atoms with Crippen molar-refractivity contribution in [2.45, 2.75) is 6.42 Å². The minimum Gasteiger partial charge on any atom is -0.423 e. The summed E-state index contributed by atoms with van der Waals surface area (Å²) < 4.78 is 0. The van der Waals surface area contributed by atoms with Crippen LogP contribution in [0.1, 0.15) is 6.42 Å². The Bertz CT molecular complexity index is 414. The summed E-state index contributed by atoms with van der Waals surface area (Å²) in [6, 6.07) is 0. The molecular weight excluding hydrogens is 241 g/mol. The lowest BCUT2D eigenvalue weighted by atomic mass is 9.83. The van der Waals surface area contributed by atoms with E-state index in [1.54, 1.807) is 0 Å². The fourth-order valence-corrected chi connectivity index (χ4v) is 1.95. The summed E-state index contributed by atoms with van der Waals surface area (Å²) in [5.41, 5.74) is 0.200. The van der Waals surface area contributed by atoms with E-state index in [0.717, 1.165) is 0 Å². The second-order valence-electron chi connectivity index (χ2n) is 3.95. The third-order valence-electron chi connectivity index (χ3n) is 2.66. The lowest BCUT2D eigenvalue weighted by Crippen LogP contribution is -2.33. The molecule has 0 saturated carbocycles. The third kappa shape index (κ3) is 2.59. The summed E-state index contributed by atoms with van der Waals surface area (Å²) in [7, 11) is -1.59. The molecule has 2 heterocycles. The lowest BCUT2D eigenvalue weighted by Gasteiger charge is -2.13. The van der Waals surface area contributed by atoms with E-state index >= 15 is 0 Å². The highest BCUT2D eigenvalue weighted by atomic mass is 32.1. The first kappa shape index (κ1) is 12.3. The van der Waals surface area contributed by atoms with Crippen molar-refractivity contribution < 1.29 is 14.8 Å². The Labute approximate surface area is 104 Å². The molecule has 2 N–H and O–H groups in total. The van der Waals surface area contributed by atoms with Crippen molar-refractivity contribution in [2.75, 3.05) is 17.2 Å². The number of thiol groups is 1. The van der Waals surface area contributed by atoms with Crippen LogP contribution >= 0.6 is 12.6 Å². The van der Waals surface area contributed by atoms with E-state index in [-0.39, 0.29) is 17.3 Å². The summed E-state index contributed by atoms with van der Waals surface area (Å²) in [6.07, 6.45) is 3.06. The number of rotatable bonds is 3. The van der Waals surface area contributed by atoms with Crippen molar-refractivity contribution in [3.8, 4) is 0 Å². The summed E-state index contributed by atoms with van der Waals surface area (Å²) in [4.78, 5) is 21.1. The summed E-state index contributed by atoms with van der Waals surface area (Å²) in [5.74, 6) is 1.14. The Kier molecular flexibility index (Phi) is 3.65. The smallest absolute Gasteiger partial charge is 0.423 e. The molecule has 90 valence electrons. The maximum atomic E-state index is 11.7. The maximum Gasteiger partial charge on any atom is 0.491 e. The van der Waals surface area contributed by atoms with Gasteiger partial charge in [0, 0.05) is 30.8 Å². The van der Waals surface area contributed by atoms with Crippen LogP contribution in [0.15, 0.2) is 12.4 Å². The molecule has 0 aromatic carbocycles. The van der Waals surface area contributed by atoms with Crippen LogP contribution in [-0.2, 0) is 4.79 Å². The van der Waals surface area contributed by atoms with Gasteiger partial charge in [0.15, 0.2) is 0 Å². The highest BCUT2D eigenvalue weighted by Gasteiger charge is 2.31. The van der Waals surface area contributed by atoms with Gasteiger partial charge in [-0.05, 0) is 11.7 Å². The van der Waals surface area contributed by atoms with E-state index in [1.807, 2.05) is 0 Å². The predicted molar refractivity (Wildman–Crippen MR) is 66.2 cm³/mol. The molecule has 1 saturated heterocycles. The molecular formula is C9H12BN3O3S. The van der Waals surface area contributed by atoms with Gasteiger partial charge in [-0.15, -0.1) is 0 Å². The van der Waals surface area contributed by atoms with E-state index in [0.29, 0.717) is 24.7 Å². The summed E-state index contributed by atoms with van der Waals surface area (Å²) >= 11 is 4.17. The van der Waals surface area contributed by atoms with Crippen molar-refractivity contribution >= 4 is 37.1 Å². The van der Waals surface area contributed by atoms with Gasteiger partial charge in [-0.3, -0.25) is 9.69 Å². The Balaban J connectivity index is 2.15. The number of hydrogen-bond donors (Lipinski definition) is 3. The van der Waals surface area contributed by atoms with E-state index < -0.39 is 7.12 Å². The molecule has 2 rings (SSSR count). The molecule has 8 heteroatoms. The van der Waals surface area contributed by atoms with Crippen LogP contribution in [-0.4, -0.2) is 45.3 Å². The molecule has 1 aliphatic heterocycles.